The van der Waals surface area contributed by atoms with Crippen LogP contribution >= 0.6 is 0 Å². The first-order chi connectivity index (χ1) is 8.54. The maximum atomic E-state index is 5.97. The van der Waals surface area contributed by atoms with Crippen LogP contribution in [0.3, 0.4) is 0 Å². The molecule has 1 heterocycles. The van der Waals surface area contributed by atoms with E-state index in [2.05, 4.69) is 23.8 Å². The van der Waals surface area contributed by atoms with Crippen molar-refractivity contribution >= 4 is 0 Å². The van der Waals surface area contributed by atoms with Gasteiger partial charge in [-0.2, -0.15) is 4.98 Å². The minimum absolute atomic E-state index is 0.211. The average molecular weight is 249 g/mol. The Morgan fingerprint density at radius 3 is 2.78 bits per heavy atom. The van der Waals surface area contributed by atoms with Gasteiger partial charge in [-0.25, -0.2) is 4.98 Å². The molecule has 1 aromatic rings. The highest BCUT2D eigenvalue weighted by Gasteiger charge is 2.21. The van der Waals surface area contributed by atoms with E-state index in [1.807, 2.05) is 13.0 Å². The Kier molecular flexibility index (Phi) is 4.17. The topological polar surface area (TPSA) is 61.0 Å². The maximum absolute atomic E-state index is 5.97. The molecule has 1 aromatic heterocycles. The number of nitrogens with zero attached hydrogens (tertiary/aromatic N) is 2. The summed E-state index contributed by atoms with van der Waals surface area (Å²) in [6, 6.07) is 2.18. The second-order valence-electron chi connectivity index (χ2n) is 5.53. The van der Waals surface area contributed by atoms with Crippen LogP contribution in [-0.4, -0.2) is 22.1 Å². The van der Waals surface area contributed by atoms with Gasteiger partial charge in [0.1, 0.15) is 11.9 Å². The van der Waals surface area contributed by atoms with E-state index in [9.17, 15) is 0 Å². The Morgan fingerprint density at radius 2 is 2.11 bits per heavy atom. The summed E-state index contributed by atoms with van der Waals surface area (Å²) < 4.78 is 5.97. The Hall–Kier alpha value is -1.16. The number of aryl methyl sites for hydroxylation is 1. The van der Waals surface area contributed by atoms with Gasteiger partial charge < -0.3 is 10.5 Å². The molecule has 2 N–H and O–H groups in total. The molecule has 4 heteroatoms. The van der Waals surface area contributed by atoms with Gasteiger partial charge in [-0.05, 0) is 32.6 Å². The van der Waals surface area contributed by atoms with Gasteiger partial charge in [0, 0.05) is 23.7 Å². The van der Waals surface area contributed by atoms with E-state index in [1.165, 1.54) is 0 Å². The molecule has 2 rings (SSSR count). The molecule has 1 fully saturated rings. The minimum atomic E-state index is 0.211. The highest BCUT2D eigenvalue weighted by molar-refractivity contribution is 5.17. The second-order valence-corrected chi connectivity index (χ2v) is 5.53. The third-order valence-electron chi connectivity index (χ3n) is 3.32. The monoisotopic (exact) mass is 249 g/mol. The van der Waals surface area contributed by atoms with Crippen molar-refractivity contribution in [2.75, 3.05) is 0 Å². The predicted octanol–water partition coefficient (Wildman–Crippen LogP) is 2.56. The van der Waals surface area contributed by atoms with Gasteiger partial charge in [-0.15, -0.1) is 0 Å². The van der Waals surface area contributed by atoms with Crippen LogP contribution in [-0.2, 0) is 0 Å². The SMILES string of the molecule is Cc1cc(OC2CCCC(N)C2)nc(C(C)C)n1. The van der Waals surface area contributed by atoms with Gasteiger partial charge in [-0.1, -0.05) is 13.8 Å². The molecular weight excluding hydrogens is 226 g/mol. The normalized spacial score (nSPS) is 24.3. The zero-order valence-corrected chi connectivity index (χ0v) is 11.5. The van der Waals surface area contributed by atoms with Crippen molar-refractivity contribution in [3.63, 3.8) is 0 Å². The van der Waals surface area contributed by atoms with E-state index in [0.717, 1.165) is 37.2 Å². The van der Waals surface area contributed by atoms with E-state index in [1.54, 1.807) is 0 Å². The zero-order valence-electron chi connectivity index (χ0n) is 11.5. The Morgan fingerprint density at radius 1 is 1.33 bits per heavy atom. The minimum Gasteiger partial charge on any atom is -0.474 e. The number of rotatable bonds is 3. The molecule has 1 aliphatic rings. The molecule has 100 valence electrons. The first kappa shape index (κ1) is 13.3. The van der Waals surface area contributed by atoms with E-state index in [-0.39, 0.29) is 12.1 Å². The van der Waals surface area contributed by atoms with Crippen LogP contribution in [0.15, 0.2) is 6.07 Å². The molecule has 0 spiro atoms. The van der Waals surface area contributed by atoms with Gasteiger partial charge in [0.2, 0.25) is 5.88 Å². The van der Waals surface area contributed by atoms with E-state index < -0.39 is 0 Å². The molecule has 1 saturated carbocycles. The van der Waals surface area contributed by atoms with Crippen LogP contribution in [0.5, 0.6) is 5.88 Å². The fourth-order valence-electron chi connectivity index (χ4n) is 2.34. The van der Waals surface area contributed by atoms with E-state index in [0.29, 0.717) is 11.8 Å². The lowest BCUT2D eigenvalue weighted by atomic mass is 9.94. The highest BCUT2D eigenvalue weighted by atomic mass is 16.5. The molecule has 1 aliphatic carbocycles. The van der Waals surface area contributed by atoms with Gasteiger partial charge >= 0.3 is 0 Å². The van der Waals surface area contributed by atoms with Crippen molar-refractivity contribution in [3.05, 3.63) is 17.6 Å². The number of nitrogens with two attached hydrogens (primary N) is 1. The first-order valence-electron chi connectivity index (χ1n) is 6.82. The lowest BCUT2D eigenvalue weighted by Gasteiger charge is -2.27. The molecule has 0 radical (unpaired) electrons. The number of hydrogen-bond donors (Lipinski definition) is 1. The van der Waals surface area contributed by atoms with Gasteiger partial charge in [0.15, 0.2) is 0 Å². The molecule has 2 atom stereocenters. The Bertz CT molecular complexity index is 406. The van der Waals surface area contributed by atoms with Crippen LogP contribution < -0.4 is 10.5 Å². The molecule has 0 amide bonds. The summed E-state index contributed by atoms with van der Waals surface area (Å²) in [4.78, 5) is 8.90. The predicted molar refractivity (Wildman–Crippen MR) is 71.7 cm³/mol. The summed E-state index contributed by atoms with van der Waals surface area (Å²) >= 11 is 0. The van der Waals surface area contributed by atoms with Crippen LogP contribution in [0.2, 0.25) is 0 Å². The Labute approximate surface area is 109 Å². The second kappa shape index (κ2) is 5.65. The van der Waals surface area contributed by atoms with Crippen LogP contribution in [0, 0.1) is 6.92 Å². The molecule has 0 aromatic carbocycles. The smallest absolute Gasteiger partial charge is 0.217 e. The van der Waals surface area contributed by atoms with E-state index in [4.69, 9.17) is 10.5 Å². The molecule has 18 heavy (non-hydrogen) atoms. The highest BCUT2D eigenvalue weighted by Crippen LogP contribution is 2.23. The third kappa shape index (κ3) is 3.42. The largest absolute Gasteiger partial charge is 0.474 e. The van der Waals surface area contributed by atoms with Crippen LogP contribution in [0.1, 0.15) is 57.0 Å². The van der Waals surface area contributed by atoms with Crippen molar-refractivity contribution in [1.29, 1.82) is 0 Å². The van der Waals surface area contributed by atoms with Crippen molar-refractivity contribution in [3.8, 4) is 5.88 Å². The molecule has 0 saturated heterocycles. The summed E-state index contributed by atoms with van der Waals surface area (Å²) in [7, 11) is 0. The van der Waals surface area contributed by atoms with Crippen molar-refractivity contribution in [2.45, 2.75) is 64.5 Å². The molecule has 2 unspecified atom stereocenters. The molecule has 4 nitrogen and oxygen atoms in total. The molecule has 0 aliphatic heterocycles. The molecule has 0 bridgehead atoms. The summed E-state index contributed by atoms with van der Waals surface area (Å²) in [5.74, 6) is 1.87. The quantitative estimate of drug-likeness (QED) is 0.894. The molecular formula is C14H23N3O. The van der Waals surface area contributed by atoms with Gasteiger partial charge in [0.05, 0.1) is 0 Å². The fourth-order valence-corrected chi connectivity index (χ4v) is 2.34. The zero-order chi connectivity index (χ0) is 13.1. The lowest BCUT2D eigenvalue weighted by molar-refractivity contribution is 0.138. The van der Waals surface area contributed by atoms with Gasteiger partial charge in [-0.3, -0.25) is 0 Å². The van der Waals surface area contributed by atoms with Gasteiger partial charge in [0.25, 0.3) is 0 Å². The standard InChI is InChI=1S/C14H23N3O/c1-9(2)14-16-10(3)7-13(17-14)18-12-6-4-5-11(15)8-12/h7,9,11-12H,4-6,8,15H2,1-3H3. The summed E-state index contributed by atoms with van der Waals surface area (Å²) in [6.45, 7) is 6.16. The van der Waals surface area contributed by atoms with Crippen LogP contribution in [0.4, 0.5) is 0 Å². The summed E-state index contributed by atoms with van der Waals surface area (Å²) in [6.07, 6.45) is 4.48. The first-order valence-corrected chi connectivity index (χ1v) is 6.82. The number of hydrogen-bond acceptors (Lipinski definition) is 4. The lowest BCUT2D eigenvalue weighted by Crippen LogP contribution is -2.34. The summed E-state index contributed by atoms with van der Waals surface area (Å²) in [5, 5.41) is 0. The van der Waals surface area contributed by atoms with Crippen molar-refractivity contribution in [2.24, 2.45) is 5.73 Å². The summed E-state index contributed by atoms with van der Waals surface area (Å²) in [5.41, 5.74) is 6.94. The number of aromatic nitrogens is 2. The maximum Gasteiger partial charge on any atom is 0.217 e. The van der Waals surface area contributed by atoms with Crippen LogP contribution in [0.25, 0.3) is 0 Å². The van der Waals surface area contributed by atoms with E-state index >= 15 is 0 Å². The number of ether oxygens (including phenoxy) is 1. The average Bonchev–Trinajstić information content (AvgIpc) is 2.28. The Balaban J connectivity index is 2.08. The van der Waals surface area contributed by atoms with Crippen molar-refractivity contribution in [1.82, 2.24) is 9.97 Å². The fraction of sp³-hybridized carbons (Fsp3) is 0.714. The third-order valence-corrected chi connectivity index (χ3v) is 3.32. The van der Waals surface area contributed by atoms with Crippen molar-refractivity contribution < 1.29 is 4.74 Å².